The Hall–Kier alpha value is -2.04. The summed E-state index contributed by atoms with van der Waals surface area (Å²) in [4.78, 5) is 30.3. The Morgan fingerprint density at radius 1 is 1.20 bits per heavy atom. The number of nitrogens with zero attached hydrogens (tertiary/aromatic N) is 2. The largest absolute Gasteiger partial charge is 0.444 e. The summed E-state index contributed by atoms with van der Waals surface area (Å²) in [5, 5.41) is 9.04. The number of alkyl carbamates (subject to hydrolysis) is 1. The van der Waals surface area contributed by atoms with E-state index in [1.54, 1.807) is 7.05 Å². The van der Waals surface area contributed by atoms with E-state index in [0.717, 1.165) is 24.5 Å². The minimum Gasteiger partial charge on any atom is -0.444 e. The van der Waals surface area contributed by atoms with Gasteiger partial charge in [-0.1, -0.05) is 30.3 Å². The van der Waals surface area contributed by atoms with E-state index < -0.39 is 11.7 Å². The third kappa shape index (κ3) is 9.64. The summed E-state index contributed by atoms with van der Waals surface area (Å²) < 4.78 is 5.31. The van der Waals surface area contributed by atoms with Gasteiger partial charge in [0.15, 0.2) is 5.96 Å². The molecule has 8 nitrogen and oxygen atoms in total. The molecule has 1 unspecified atom stereocenters. The number of benzene rings is 1. The van der Waals surface area contributed by atoms with Gasteiger partial charge < -0.3 is 25.6 Å². The van der Waals surface area contributed by atoms with Crippen LogP contribution < -0.4 is 16.0 Å². The van der Waals surface area contributed by atoms with Gasteiger partial charge in [-0.05, 0) is 32.8 Å². The van der Waals surface area contributed by atoms with Gasteiger partial charge in [0.25, 0.3) is 0 Å². The van der Waals surface area contributed by atoms with Gasteiger partial charge >= 0.3 is 6.09 Å². The molecule has 1 aromatic carbocycles. The molecule has 0 bridgehead atoms. The van der Waals surface area contributed by atoms with Gasteiger partial charge in [-0.3, -0.25) is 9.79 Å². The second kappa shape index (κ2) is 12.6. The van der Waals surface area contributed by atoms with Crippen molar-refractivity contribution in [2.24, 2.45) is 4.99 Å². The van der Waals surface area contributed by atoms with Crippen LogP contribution in [-0.2, 0) is 16.1 Å². The fourth-order valence-electron chi connectivity index (χ4n) is 3.05. The number of rotatable bonds is 6. The molecule has 1 fully saturated rings. The van der Waals surface area contributed by atoms with Crippen molar-refractivity contribution in [1.82, 2.24) is 20.9 Å². The molecule has 1 aromatic rings. The topological polar surface area (TPSA) is 95.1 Å². The Balaban J connectivity index is 0.00000450. The Morgan fingerprint density at radius 3 is 2.53 bits per heavy atom. The minimum atomic E-state index is -0.513. The zero-order valence-electron chi connectivity index (χ0n) is 18.2. The lowest BCUT2D eigenvalue weighted by Crippen LogP contribution is -2.44. The first-order chi connectivity index (χ1) is 13.8. The highest BCUT2D eigenvalue weighted by Crippen LogP contribution is 2.12. The molecule has 1 saturated heterocycles. The number of guanidine groups is 1. The van der Waals surface area contributed by atoms with Crippen LogP contribution in [0.4, 0.5) is 4.79 Å². The van der Waals surface area contributed by atoms with Crippen LogP contribution in [0.2, 0.25) is 0 Å². The Kier molecular flexibility index (Phi) is 10.9. The van der Waals surface area contributed by atoms with E-state index >= 15 is 0 Å². The highest BCUT2D eigenvalue weighted by molar-refractivity contribution is 14.0. The predicted octanol–water partition coefficient (Wildman–Crippen LogP) is 2.49. The number of hydrogen-bond acceptors (Lipinski definition) is 4. The summed E-state index contributed by atoms with van der Waals surface area (Å²) in [6, 6.07) is 9.83. The average molecular weight is 531 g/mol. The van der Waals surface area contributed by atoms with Crippen molar-refractivity contribution in [1.29, 1.82) is 0 Å². The number of hydrogen-bond donors (Lipinski definition) is 3. The molecule has 2 amide bonds. The smallest absolute Gasteiger partial charge is 0.407 e. The highest BCUT2D eigenvalue weighted by Gasteiger charge is 2.27. The van der Waals surface area contributed by atoms with E-state index in [4.69, 9.17) is 4.74 Å². The van der Waals surface area contributed by atoms with Gasteiger partial charge in [0.05, 0.1) is 6.04 Å². The van der Waals surface area contributed by atoms with Crippen LogP contribution in [0.3, 0.4) is 0 Å². The van der Waals surface area contributed by atoms with Gasteiger partial charge in [0.2, 0.25) is 5.91 Å². The van der Waals surface area contributed by atoms with Crippen molar-refractivity contribution in [2.75, 3.05) is 26.7 Å². The van der Waals surface area contributed by atoms with Gasteiger partial charge in [-0.25, -0.2) is 4.79 Å². The fraction of sp³-hybridized carbons (Fsp3) is 0.571. The van der Waals surface area contributed by atoms with Gasteiger partial charge in [0, 0.05) is 39.6 Å². The zero-order chi connectivity index (χ0) is 21.3. The molecule has 1 heterocycles. The number of amides is 2. The van der Waals surface area contributed by atoms with E-state index in [9.17, 15) is 9.59 Å². The van der Waals surface area contributed by atoms with Crippen molar-refractivity contribution in [3.8, 4) is 0 Å². The number of halogens is 1. The molecule has 2 rings (SSSR count). The van der Waals surface area contributed by atoms with Crippen molar-refractivity contribution in [3.63, 3.8) is 0 Å². The predicted molar refractivity (Wildman–Crippen MR) is 129 cm³/mol. The molecule has 0 aliphatic carbocycles. The van der Waals surface area contributed by atoms with Crippen molar-refractivity contribution in [3.05, 3.63) is 35.9 Å². The number of aliphatic imine (C=N–C) groups is 1. The number of nitrogens with one attached hydrogen (secondary N) is 3. The summed E-state index contributed by atoms with van der Waals surface area (Å²) in [7, 11) is 1.71. The fourth-order valence-corrected chi connectivity index (χ4v) is 3.05. The van der Waals surface area contributed by atoms with Gasteiger partial charge in [-0.2, -0.15) is 0 Å². The third-order valence-electron chi connectivity index (χ3n) is 4.39. The maximum absolute atomic E-state index is 12.0. The molecule has 1 atom stereocenters. The number of likely N-dealkylation sites (tertiary alicyclic amines) is 1. The Morgan fingerprint density at radius 2 is 1.90 bits per heavy atom. The van der Waals surface area contributed by atoms with Crippen molar-refractivity contribution < 1.29 is 14.3 Å². The summed E-state index contributed by atoms with van der Waals surface area (Å²) in [5.74, 6) is 0.719. The lowest BCUT2D eigenvalue weighted by Gasteiger charge is -2.23. The van der Waals surface area contributed by atoms with E-state index in [1.807, 2.05) is 51.1 Å². The molecule has 30 heavy (non-hydrogen) atoms. The molecule has 0 radical (unpaired) electrons. The first kappa shape index (κ1) is 26.0. The van der Waals surface area contributed by atoms with Crippen molar-refractivity contribution in [2.45, 2.75) is 51.8 Å². The lowest BCUT2D eigenvalue weighted by atomic mass is 10.2. The van der Waals surface area contributed by atoms with E-state index in [2.05, 4.69) is 25.8 Å². The SMILES string of the molecule is CN=C(NCCC(=O)NCc1ccccc1)N1CCC(NC(=O)OC(C)(C)C)C1.I. The molecule has 1 aliphatic rings. The Labute approximate surface area is 196 Å². The van der Waals surface area contributed by atoms with Crippen LogP contribution in [0.5, 0.6) is 0 Å². The van der Waals surface area contributed by atoms with Crippen LogP contribution in [0.1, 0.15) is 39.2 Å². The summed E-state index contributed by atoms with van der Waals surface area (Å²) >= 11 is 0. The second-order valence-corrected chi connectivity index (χ2v) is 8.06. The molecule has 0 spiro atoms. The first-order valence-electron chi connectivity index (χ1n) is 10.0. The zero-order valence-corrected chi connectivity index (χ0v) is 20.6. The van der Waals surface area contributed by atoms with Crippen LogP contribution in [-0.4, -0.2) is 61.2 Å². The molecule has 0 aromatic heterocycles. The van der Waals surface area contributed by atoms with Gasteiger partial charge in [-0.15, -0.1) is 24.0 Å². The summed E-state index contributed by atoms with van der Waals surface area (Å²) in [5.41, 5.74) is 0.561. The van der Waals surface area contributed by atoms with Crippen LogP contribution in [0, 0.1) is 0 Å². The molecule has 168 valence electrons. The molecule has 9 heteroatoms. The van der Waals surface area contributed by atoms with Crippen LogP contribution >= 0.6 is 24.0 Å². The standard InChI is InChI=1S/C21H33N5O3.HI/c1-21(2,3)29-20(28)25-17-11-13-26(15-17)19(22-4)23-12-10-18(27)24-14-16-8-6-5-7-9-16;/h5-9,17H,10-15H2,1-4H3,(H,22,23)(H,24,27)(H,25,28);1H. The van der Waals surface area contributed by atoms with Crippen LogP contribution in [0.15, 0.2) is 35.3 Å². The molecule has 1 aliphatic heterocycles. The quantitative estimate of drug-likeness (QED) is 0.298. The highest BCUT2D eigenvalue weighted by atomic mass is 127. The minimum absolute atomic E-state index is 0. The monoisotopic (exact) mass is 531 g/mol. The van der Waals surface area contributed by atoms with E-state index in [0.29, 0.717) is 26.1 Å². The lowest BCUT2D eigenvalue weighted by molar-refractivity contribution is -0.121. The molecule has 0 saturated carbocycles. The maximum Gasteiger partial charge on any atom is 0.407 e. The Bertz CT molecular complexity index is 706. The number of ether oxygens (including phenoxy) is 1. The number of carbonyl (C=O) groups is 2. The molecular formula is C21H34IN5O3. The maximum atomic E-state index is 12.0. The van der Waals surface area contributed by atoms with Gasteiger partial charge in [0.1, 0.15) is 5.60 Å². The second-order valence-electron chi connectivity index (χ2n) is 8.06. The molecule has 3 N–H and O–H groups in total. The normalized spacial score (nSPS) is 16.5. The van der Waals surface area contributed by atoms with Crippen molar-refractivity contribution >= 4 is 41.9 Å². The molecular weight excluding hydrogens is 497 g/mol. The first-order valence-corrected chi connectivity index (χ1v) is 10.0. The summed E-state index contributed by atoms with van der Waals surface area (Å²) in [6.07, 6.45) is 0.777. The average Bonchev–Trinajstić information content (AvgIpc) is 3.11. The third-order valence-corrected chi connectivity index (χ3v) is 4.39. The summed E-state index contributed by atoms with van der Waals surface area (Å²) in [6.45, 7) is 7.98. The van der Waals surface area contributed by atoms with E-state index in [1.165, 1.54) is 0 Å². The van der Waals surface area contributed by atoms with Crippen LogP contribution in [0.25, 0.3) is 0 Å². The van der Waals surface area contributed by atoms with E-state index in [-0.39, 0.29) is 35.9 Å². The number of carbonyl (C=O) groups excluding carboxylic acids is 2.